The van der Waals surface area contributed by atoms with E-state index in [1.807, 2.05) is 11.8 Å². The van der Waals surface area contributed by atoms with Crippen LogP contribution in [0.1, 0.15) is 290 Å². The van der Waals surface area contributed by atoms with Gasteiger partial charge in [-0.3, -0.25) is 0 Å². The van der Waals surface area contributed by atoms with Crippen LogP contribution in [0.5, 0.6) is 0 Å². The Hall–Kier alpha value is 0.220. The summed E-state index contributed by atoms with van der Waals surface area (Å²) in [7, 11) is 0. The van der Waals surface area contributed by atoms with Gasteiger partial charge in [0.1, 0.15) is 6.10 Å². The van der Waals surface area contributed by atoms with Gasteiger partial charge in [0.2, 0.25) is 0 Å². The Labute approximate surface area is 379 Å². The molecule has 1 atom stereocenters. The maximum Gasteiger partial charge on any atom is 0.160 e. The molecular weight excluding hydrogens is 771 g/mol. The van der Waals surface area contributed by atoms with Crippen LogP contribution >= 0.6 is 48.4 Å². The van der Waals surface area contributed by atoms with Crippen LogP contribution in [0.3, 0.4) is 0 Å². The summed E-state index contributed by atoms with van der Waals surface area (Å²) >= 11 is 19.2. The van der Waals surface area contributed by atoms with Crippen molar-refractivity contribution < 1.29 is 4.74 Å². The maximum absolute atomic E-state index is 6.43. The van der Waals surface area contributed by atoms with Gasteiger partial charge in [-0.05, 0) is 44.3 Å². The standard InChI is InChI=1S/C51H99NOS4/c1-4-7-10-13-16-19-22-25-28-31-34-37-40-43-49(54)52-46-48(53-50(55)44-41-38-35-32-29-26-23-20-17-14-11-8-5-2)47-57-51(56)45-42-39-36-33-30-27-24-21-18-15-12-9-6-3/h48H,4-47H2,1-3H3,(H,52,54). The lowest BCUT2D eigenvalue weighted by atomic mass is 10.0. The Morgan fingerprint density at radius 2 is 0.667 bits per heavy atom. The number of rotatable bonds is 47. The number of hydrogen-bond acceptors (Lipinski definition) is 5. The minimum atomic E-state index is 0.0127. The minimum Gasteiger partial charge on any atom is -0.481 e. The fourth-order valence-corrected chi connectivity index (χ4v) is 9.53. The second kappa shape index (κ2) is 48.9. The number of thiocarbonyl (C=S) groups is 3. The van der Waals surface area contributed by atoms with Gasteiger partial charge in [0.15, 0.2) is 5.05 Å². The Morgan fingerprint density at radius 1 is 0.386 bits per heavy atom. The van der Waals surface area contributed by atoms with E-state index in [2.05, 4.69) is 26.1 Å². The van der Waals surface area contributed by atoms with E-state index in [-0.39, 0.29) is 6.10 Å². The van der Waals surface area contributed by atoms with Crippen LogP contribution in [-0.4, -0.2) is 32.6 Å². The molecule has 0 aliphatic heterocycles. The summed E-state index contributed by atoms with van der Waals surface area (Å²) in [6, 6.07) is 0. The largest absolute Gasteiger partial charge is 0.481 e. The molecular formula is C51H99NOS4. The molecule has 2 nitrogen and oxygen atoms in total. The van der Waals surface area contributed by atoms with Crippen LogP contribution in [-0.2, 0) is 4.74 Å². The summed E-state index contributed by atoms with van der Waals surface area (Å²) in [5, 5.41) is 4.33. The van der Waals surface area contributed by atoms with E-state index in [1.54, 1.807) is 0 Å². The smallest absolute Gasteiger partial charge is 0.160 e. The fraction of sp³-hybridized carbons (Fsp3) is 0.941. The van der Waals surface area contributed by atoms with Gasteiger partial charge >= 0.3 is 0 Å². The fourth-order valence-electron chi connectivity index (χ4n) is 7.83. The second-order valence-corrected chi connectivity index (χ2v) is 20.4. The summed E-state index contributed by atoms with van der Waals surface area (Å²) < 4.78 is 7.56. The van der Waals surface area contributed by atoms with E-state index < -0.39 is 0 Å². The van der Waals surface area contributed by atoms with Gasteiger partial charge in [-0.2, -0.15) is 0 Å². The molecule has 0 aromatic carbocycles. The van der Waals surface area contributed by atoms with Crippen LogP contribution in [0.2, 0.25) is 0 Å². The number of ether oxygens (including phenoxy) is 1. The molecule has 0 spiro atoms. The van der Waals surface area contributed by atoms with E-state index in [4.69, 9.17) is 41.4 Å². The van der Waals surface area contributed by atoms with Gasteiger partial charge in [0, 0.05) is 16.4 Å². The SMILES string of the molecule is CCCCCCCCCCCCCCCC(=S)NCC(CSC(=S)CCCCCCCCCCCCCCC)OC(=S)CCCCCCCCCCCCCCC. The zero-order valence-corrected chi connectivity index (χ0v) is 42.0. The zero-order valence-electron chi connectivity index (χ0n) is 38.7. The molecule has 1 N–H and O–H groups in total. The Bertz CT molecular complexity index is 805. The number of unbranched alkanes of at least 4 members (excludes halogenated alkanes) is 36. The summed E-state index contributed by atoms with van der Waals surface area (Å²) in [5.74, 6) is 0.852. The number of thioether (sulfide) groups is 1. The molecule has 0 bridgehead atoms. The lowest BCUT2D eigenvalue weighted by Crippen LogP contribution is -2.35. The van der Waals surface area contributed by atoms with E-state index in [9.17, 15) is 0 Å². The lowest BCUT2D eigenvalue weighted by Gasteiger charge is -2.21. The van der Waals surface area contributed by atoms with Crippen LogP contribution in [0.4, 0.5) is 0 Å². The quantitative estimate of drug-likeness (QED) is 0.0482. The van der Waals surface area contributed by atoms with Crippen molar-refractivity contribution in [1.29, 1.82) is 0 Å². The molecule has 0 aliphatic carbocycles. The topological polar surface area (TPSA) is 21.3 Å². The predicted octanol–water partition coefficient (Wildman–Crippen LogP) is 19.1. The van der Waals surface area contributed by atoms with Crippen molar-refractivity contribution in [2.24, 2.45) is 0 Å². The predicted molar refractivity (Wildman–Crippen MR) is 274 cm³/mol. The van der Waals surface area contributed by atoms with Crippen LogP contribution in [0, 0.1) is 0 Å². The highest BCUT2D eigenvalue weighted by Crippen LogP contribution is 2.19. The Morgan fingerprint density at radius 3 is 1.00 bits per heavy atom. The summed E-state index contributed by atoms with van der Waals surface area (Å²) in [4.78, 5) is 0.980. The molecule has 1 unspecified atom stereocenters. The number of nitrogens with one attached hydrogen (secondary N) is 1. The zero-order chi connectivity index (χ0) is 41.5. The van der Waals surface area contributed by atoms with Crippen molar-refractivity contribution in [3.63, 3.8) is 0 Å². The first-order chi connectivity index (χ1) is 28.0. The highest BCUT2D eigenvalue weighted by Gasteiger charge is 2.15. The van der Waals surface area contributed by atoms with E-state index in [0.29, 0.717) is 0 Å². The van der Waals surface area contributed by atoms with Gasteiger partial charge in [-0.15, -0.1) is 11.8 Å². The van der Waals surface area contributed by atoms with Gasteiger partial charge in [0.25, 0.3) is 0 Å². The molecule has 0 heterocycles. The third-order valence-electron chi connectivity index (χ3n) is 11.7. The Kier molecular flexibility index (Phi) is 49.1. The van der Waals surface area contributed by atoms with Crippen molar-refractivity contribution in [3.05, 3.63) is 0 Å². The second-order valence-electron chi connectivity index (χ2n) is 17.6. The first kappa shape index (κ1) is 57.2. The van der Waals surface area contributed by atoms with Crippen LogP contribution in [0.25, 0.3) is 0 Å². The third kappa shape index (κ3) is 47.1. The molecule has 0 aliphatic rings. The molecule has 0 saturated carbocycles. The first-order valence-corrected chi connectivity index (χ1v) is 27.9. The molecule has 57 heavy (non-hydrogen) atoms. The van der Waals surface area contributed by atoms with Crippen molar-refractivity contribution in [2.45, 2.75) is 297 Å². The third-order valence-corrected chi connectivity index (χ3v) is 14.0. The molecule has 0 aromatic rings. The highest BCUT2D eigenvalue weighted by atomic mass is 32.2. The Balaban J connectivity index is 4.31. The summed E-state index contributed by atoms with van der Waals surface area (Å²) in [5.41, 5.74) is 0. The van der Waals surface area contributed by atoms with Crippen molar-refractivity contribution in [2.75, 3.05) is 12.3 Å². The van der Waals surface area contributed by atoms with Gasteiger partial charge in [0.05, 0.1) is 11.5 Å². The molecule has 0 saturated heterocycles. The normalized spacial score (nSPS) is 11.9. The summed E-state index contributed by atoms with van der Waals surface area (Å²) in [6.07, 6.45) is 56.6. The van der Waals surface area contributed by atoms with E-state index >= 15 is 0 Å². The van der Waals surface area contributed by atoms with Gasteiger partial charge in [-0.25, -0.2) is 0 Å². The molecule has 0 radical (unpaired) electrons. The monoisotopic (exact) mass is 870 g/mol. The van der Waals surface area contributed by atoms with Gasteiger partial charge < -0.3 is 10.1 Å². The molecule has 0 amide bonds. The molecule has 6 heteroatoms. The lowest BCUT2D eigenvalue weighted by molar-refractivity contribution is 0.215. The maximum atomic E-state index is 6.43. The van der Waals surface area contributed by atoms with Crippen molar-refractivity contribution >= 4 is 62.7 Å². The summed E-state index contributed by atoms with van der Waals surface area (Å²) in [6.45, 7) is 7.62. The first-order valence-electron chi connectivity index (χ1n) is 25.6. The number of hydrogen-bond donors (Lipinski definition) is 1. The molecule has 0 rings (SSSR count). The van der Waals surface area contributed by atoms with Gasteiger partial charge in [-0.1, -0.05) is 276 Å². The average molecular weight is 871 g/mol. The highest BCUT2D eigenvalue weighted by molar-refractivity contribution is 8.23. The van der Waals surface area contributed by atoms with Crippen molar-refractivity contribution in [1.82, 2.24) is 5.32 Å². The minimum absolute atomic E-state index is 0.0127. The van der Waals surface area contributed by atoms with Crippen LogP contribution < -0.4 is 5.32 Å². The van der Waals surface area contributed by atoms with E-state index in [1.165, 1.54) is 244 Å². The van der Waals surface area contributed by atoms with Crippen LogP contribution in [0.15, 0.2) is 0 Å². The van der Waals surface area contributed by atoms with Crippen molar-refractivity contribution in [3.8, 4) is 0 Å². The molecule has 0 aromatic heterocycles. The van der Waals surface area contributed by atoms with E-state index in [0.717, 1.165) is 52.2 Å². The average Bonchev–Trinajstić information content (AvgIpc) is 3.21. The molecule has 0 fully saturated rings. The molecule has 338 valence electrons.